The Morgan fingerprint density at radius 3 is 2.78 bits per heavy atom. The van der Waals surface area contributed by atoms with Crippen LogP contribution >= 0.6 is 0 Å². The van der Waals surface area contributed by atoms with E-state index in [4.69, 9.17) is 9.47 Å². The summed E-state index contributed by atoms with van der Waals surface area (Å²) in [5.41, 5.74) is 2.32. The number of para-hydroxylation sites is 1. The molecule has 2 aromatic carbocycles. The van der Waals surface area contributed by atoms with Gasteiger partial charge in [-0.25, -0.2) is 0 Å². The van der Waals surface area contributed by atoms with Crippen LogP contribution in [0.5, 0.6) is 11.5 Å². The highest BCUT2D eigenvalue weighted by molar-refractivity contribution is 5.77. The van der Waals surface area contributed by atoms with Gasteiger partial charge in [-0.05, 0) is 30.2 Å². The van der Waals surface area contributed by atoms with E-state index in [1.807, 2.05) is 48.5 Å². The highest BCUT2D eigenvalue weighted by Crippen LogP contribution is 2.35. The lowest BCUT2D eigenvalue weighted by Crippen LogP contribution is -2.27. The quantitative estimate of drug-likeness (QED) is 0.892. The van der Waals surface area contributed by atoms with Gasteiger partial charge in [-0.1, -0.05) is 30.3 Å². The second kappa shape index (κ2) is 7.18. The van der Waals surface area contributed by atoms with Crippen LogP contribution in [0.25, 0.3) is 0 Å². The van der Waals surface area contributed by atoms with Crippen LogP contribution < -0.4 is 14.8 Å². The van der Waals surface area contributed by atoms with Gasteiger partial charge in [0.15, 0.2) is 0 Å². The van der Waals surface area contributed by atoms with Crippen molar-refractivity contribution in [2.24, 2.45) is 0 Å². The van der Waals surface area contributed by atoms with Crippen molar-refractivity contribution in [2.45, 2.75) is 18.8 Å². The predicted molar refractivity (Wildman–Crippen MR) is 89.0 cm³/mol. The maximum atomic E-state index is 12.1. The van der Waals surface area contributed by atoms with Gasteiger partial charge in [0.25, 0.3) is 0 Å². The summed E-state index contributed by atoms with van der Waals surface area (Å²) < 4.78 is 10.7. The monoisotopic (exact) mass is 311 g/mol. The molecule has 0 fully saturated rings. The summed E-state index contributed by atoms with van der Waals surface area (Å²) in [5, 5.41) is 2.99. The normalized spacial score (nSPS) is 15.6. The minimum Gasteiger partial charge on any atom is -0.497 e. The summed E-state index contributed by atoms with van der Waals surface area (Å²) in [4.78, 5) is 12.1. The van der Waals surface area contributed by atoms with Gasteiger partial charge in [0.2, 0.25) is 5.91 Å². The molecule has 3 rings (SSSR count). The number of ether oxygens (including phenoxy) is 2. The molecule has 2 aromatic rings. The van der Waals surface area contributed by atoms with Crippen molar-refractivity contribution in [2.75, 3.05) is 20.3 Å². The van der Waals surface area contributed by atoms with E-state index in [0.29, 0.717) is 19.6 Å². The molecule has 1 amide bonds. The molecule has 0 saturated carbocycles. The topological polar surface area (TPSA) is 47.6 Å². The summed E-state index contributed by atoms with van der Waals surface area (Å²) in [5.74, 6) is 1.98. The lowest BCUT2D eigenvalue weighted by molar-refractivity contribution is -0.121. The van der Waals surface area contributed by atoms with Gasteiger partial charge < -0.3 is 14.8 Å². The fraction of sp³-hybridized carbons (Fsp3) is 0.316. The zero-order chi connectivity index (χ0) is 16.1. The first kappa shape index (κ1) is 15.4. The molecule has 1 aliphatic rings. The number of hydrogen-bond donors (Lipinski definition) is 1. The maximum Gasteiger partial charge on any atom is 0.220 e. The Morgan fingerprint density at radius 1 is 1.22 bits per heavy atom. The minimum absolute atomic E-state index is 0.0730. The van der Waals surface area contributed by atoms with Crippen LogP contribution in [0.3, 0.4) is 0 Å². The number of carbonyl (C=O) groups is 1. The Morgan fingerprint density at radius 2 is 2.00 bits per heavy atom. The van der Waals surface area contributed by atoms with Crippen molar-refractivity contribution in [3.05, 3.63) is 59.7 Å². The fourth-order valence-electron chi connectivity index (χ4n) is 2.83. The smallest absolute Gasteiger partial charge is 0.220 e. The first-order valence-corrected chi connectivity index (χ1v) is 7.87. The Hall–Kier alpha value is -2.49. The zero-order valence-corrected chi connectivity index (χ0v) is 13.2. The molecule has 0 aromatic heterocycles. The summed E-state index contributed by atoms with van der Waals surface area (Å²) in [6, 6.07) is 15.8. The van der Waals surface area contributed by atoms with Crippen LogP contribution in [0.4, 0.5) is 0 Å². The first-order valence-electron chi connectivity index (χ1n) is 7.87. The number of rotatable bonds is 6. The molecule has 1 unspecified atom stereocenters. The fourth-order valence-corrected chi connectivity index (χ4v) is 2.83. The van der Waals surface area contributed by atoms with E-state index in [1.165, 1.54) is 5.56 Å². The van der Waals surface area contributed by atoms with Crippen molar-refractivity contribution in [1.29, 1.82) is 0 Å². The van der Waals surface area contributed by atoms with E-state index >= 15 is 0 Å². The summed E-state index contributed by atoms with van der Waals surface area (Å²) in [6.45, 7) is 1.23. The predicted octanol–water partition coefficient (Wildman–Crippen LogP) is 2.92. The molecule has 4 nitrogen and oxygen atoms in total. The average Bonchev–Trinajstić information content (AvgIpc) is 2.99. The average molecular weight is 311 g/mol. The lowest BCUT2D eigenvalue weighted by atomic mass is 9.97. The van der Waals surface area contributed by atoms with Crippen LogP contribution in [-0.2, 0) is 11.2 Å². The third-order valence-electron chi connectivity index (χ3n) is 4.13. The maximum absolute atomic E-state index is 12.1. The highest BCUT2D eigenvalue weighted by Gasteiger charge is 2.25. The second-order valence-corrected chi connectivity index (χ2v) is 5.70. The van der Waals surface area contributed by atoms with Gasteiger partial charge >= 0.3 is 0 Å². The molecule has 4 heteroatoms. The molecular weight excluding hydrogens is 290 g/mol. The second-order valence-electron chi connectivity index (χ2n) is 5.70. The largest absolute Gasteiger partial charge is 0.497 e. The van der Waals surface area contributed by atoms with Crippen molar-refractivity contribution in [1.82, 2.24) is 5.32 Å². The van der Waals surface area contributed by atoms with Crippen LogP contribution in [0.15, 0.2) is 48.5 Å². The molecule has 0 aliphatic carbocycles. The van der Waals surface area contributed by atoms with Crippen LogP contribution in [-0.4, -0.2) is 26.2 Å². The zero-order valence-electron chi connectivity index (χ0n) is 13.2. The standard InChI is InChI=1S/C19H21NO3/c1-22-16-8-6-14(7-9-16)10-11-20-19(21)12-15-13-23-18-5-3-2-4-17(15)18/h2-9,15H,10-13H2,1H3,(H,20,21). The molecule has 1 atom stereocenters. The van der Waals surface area contributed by atoms with Crippen molar-refractivity contribution in [3.63, 3.8) is 0 Å². The lowest BCUT2D eigenvalue weighted by Gasteiger charge is -2.10. The molecule has 120 valence electrons. The first-order chi connectivity index (χ1) is 11.3. The van der Waals surface area contributed by atoms with E-state index in [2.05, 4.69) is 5.32 Å². The number of benzene rings is 2. The molecule has 1 N–H and O–H groups in total. The van der Waals surface area contributed by atoms with Crippen LogP contribution in [0.1, 0.15) is 23.5 Å². The van der Waals surface area contributed by atoms with Crippen LogP contribution in [0, 0.1) is 0 Å². The molecule has 0 saturated heterocycles. The summed E-state index contributed by atoms with van der Waals surface area (Å²) >= 11 is 0. The van der Waals surface area contributed by atoms with Gasteiger partial charge in [0, 0.05) is 24.4 Å². The highest BCUT2D eigenvalue weighted by atomic mass is 16.5. The Bertz CT molecular complexity index is 667. The molecular formula is C19H21NO3. The summed E-state index contributed by atoms with van der Waals surface area (Å²) in [6.07, 6.45) is 1.28. The SMILES string of the molecule is COc1ccc(CCNC(=O)CC2COc3ccccc32)cc1. The van der Waals surface area contributed by atoms with E-state index in [-0.39, 0.29) is 11.8 Å². The molecule has 23 heavy (non-hydrogen) atoms. The van der Waals surface area contributed by atoms with Gasteiger partial charge in [0.1, 0.15) is 11.5 Å². The molecule has 0 radical (unpaired) electrons. The number of nitrogens with one attached hydrogen (secondary N) is 1. The number of hydrogen-bond acceptors (Lipinski definition) is 3. The number of fused-ring (bicyclic) bond motifs is 1. The third-order valence-corrected chi connectivity index (χ3v) is 4.13. The molecule has 1 heterocycles. The van der Waals surface area contributed by atoms with Crippen molar-refractivity contribution < 1.29 is 14.3 Å². The molecule has 0 spiro atoms. The van der Waals surface area contributed by atoms with Crippen LogP contribution in [0.2, 0.25) is 0 Å². The van der Waals surface area contributed by atoms with Crippen molar-refractivity contribution >= 4 is 5.91 Å². The molecule has 1 aliphatic heterocycles. The number of methoxy groups -OCH3 is 1. The van der Waals surface area contributed by atoms with E-state index in [1.54, 1.807) is 7.11 Å². The summed E-state index contributed by atoms with van der Waals surface area (Å²) in [7, 11) is 1.65. The minimum atomic E-state index is 0.0730. The number of carbonyl (C=O) groups excluding carboxylic acids is 1. The van der Waals surface area contributed by atoms with Gasteiger partial charge in [-0.15, -0.1) is 0 Å². The van der Waals surface area contributed by atoms with E-state index < -0.39 is 0 Å². The molecule has 0 bridgehead atoms. The Labute approximate surface area is 136 Å². The van der Waals surface area contributed by atoms with Gasteiger partial charge in [-0.2, -0.15) is 0 Å². The van der Waals surface area contributed by atoms with Gasteiger partial charge in [-0.3, -0.25) is 4.79 Å². The van der Waals surface area contributed by atoms with E-state index in [0.717, 1.165) is 23.5 Å². The van der Waals surface area contributed by atoms with Crippen molar-refractivity contribution in [3.8, 4) is 11.5 Å². The Balaban J connectivity index is 1.45. The number of amides is 1. The Kier molecular flexibility index (Phi) is 4.81. The third kappa shape index (κ3) is 3.83. The van der Waals surface area contributed by atoms with Gasteiger partial charge in [0.05, 0.1) is 13.7 Å². The van der Waals surface area contributed by atoms with E-state index in [9.17, 15) is 4.79 Å².